The molecule has 0 spiro atoms. The van der Waals surface area contributed by atoms with Gasteiger partial charge in [0.15, 0.2) is 5.96 Å². The van der Waals surface area contributed by atoms with Crippen LogP contribution in [0.15, 0.2) is 29.3 Å². The van der Waals surface area contributed by atoms with Gasteiger partial charge in [0, 0.05) is 33.4 Å². The summed E-state index contributed by atoms with van der Waals surface area (Å²) >= 11 is 0. The molecule has 138 valence electrons. The normalized spacial score (nSPS) is 11.0. The van der Waals surface area contributed by atoms with Crippen LogP contribution in [0.1, 0.15) is 18.9 Å². The van der Waals surface area contributed by atoms with E-state index in [0.29, 0.717) is 32.1 Å². The first-order chi connectivity index (χ1) is 11.3. The third-order valence-corrected chi connectivity index (χ3v) is 3.11. The standard InChI is InChI=1S/C17H29N3O3.HI/c1-3-18-17(19-9-5-11-23-13-12-22-2)20-10-8-15-6-4-7-16(21)14-15;/h4,6-7,14,21H,3,5,8-13H2,1-2H3,(H2,18,19,20);1H. The summed E-state index contributed by atoms with van der Waals surface area (Å²) < 4.78 is 10.3. The summed E-state index contributed by atoms with van der Waals surface area (Å²) in [7, 11) is 1.67. The van der Waals surface area contributed by atoms with Gasteiger partial charge in [-0.2, -0.15) is 0 Å². The van der Waals surface area contributed by atoms with Crippen molar-refractivity contribution in [1.29, 1.82) is 0 Å². The molecule has 0 fully saturated rings. The van der Waals surface area contributed by atoms with Gasteiger partial charge in [0.25, 0.3) is 0 Å². The Bertz CT molecular complexity index is 458. The first-order valence-electron chi connectivity index (χ1n) is 8.13. The van der Waals surface area contributed by atoms with E-state index >= 15 is 0 Å². The van der Waals surface area contributed by atoms with Crippen molar-refractivity contribution in [2.24, 2.45) is 4.99 Å². The molecule has 1 aromatic carbocycles. The van der Waals surface area contributed by atoms with Crippen LogP contribution in [-0.2, 0) is 15.9 Å². The average Bonchev–Trinajstić information content (AvgIpc) is 2.54. The van der Waals surface area contributed by atoms with Crippen molar-refractivity contribution >= 4 is 29.9 Å². The fraction of sp³-hybridized carbons (Fsp3) is 0.588. The number of halogens is 1. The Hall–Kier alpha value is -1.06. The Balaban J connectivity index is 0.00000529. The number of nitrogens with one attached hydrogen (secondary N) is 2. The molecule has 6 nitrogen and oxygen atoms in total. The summed E-state index contributed by atoms with van der Waals surface area (Å²) in [5, 5.41) is 16.0. The molecule has 0 bridgehead atoms. The van der Waals surface area contributed by atoms with Crippen LogP contribution in [-0.4, -0.2) is 57.6 Å². The second kappa shape index (κ2) is 15.5. The zero-order valence-corrected chi connectivity index (χ0v) is 16.9. The molecule has 0 atom stereocenters. The number of hydrogen-bond acceptors (Lipinski definition) is 4. The highest BCUT2D eigenvalue weighted by Gasteiger charge is 1.98. The molecular weight excluding hydrogens is 421 g/mol. The third-order valence-electron chi connectivity index (χ3n) is 3.11. The van der Waals surface area contributed by atoms with E-state index in [1.165, 1.54) is 0 Å². The van der Waals surface area contributed by atoms with Crippen molar-refractivity contribution in [1.82, 2.24) is 10.6 Å². The maximum Gasteiger partial charge on any atom is 0.191 e. The van der Waals surface area contributed by atoms with Gasteiger partial charge in [-0.1, -0.05) is 12.1 Å². The number of nitrogens with zero attached hydrogens (tertiary/aromatic N) is 1. The maximum atomic E-state index is 9.45. The van der Waals surface area contributed by atoms with Crippen LogP contribution in [0, 0.1) is 0 Å². The lowest BCUT2D eigenvalue weighted by atomic mass is 10.1. The Morgan fingerprint density at radius 2 is 2.04 bits per heavy atom. The zero-order chi connectivity index (χ0) is 16.8. The average molecular weight is 451 g/mol. The summed E-state index contributed by atoms with van der Waals surface area (Å²) in [4.78, 5) is 4.51. The molecule has 3 N–H and O–H groups in total. The Morgan fingerprint density at radius 3 is 2.75 bits per heavy atom. The van der Waals surface area contributed by atoms with E-state index in [4.69, 9.17) is 9.47 Å². The van der Waals surface area contributed by atoms with Gasteiger partial charge in [0.2, 0.25) is 0 Å². The predicted octanol–water partition coefficient (Wildman–Crippen LogP) is 2.16. The summed E-state index contributed by atoms with van der Waals surface area (Å²) in [5.74, 6) is 1.11. The molecule has 0 aliphatic heterocycles. The lowest BCUT2D eigenvalue weighted by molar-refractivity contribution is 0.0702. The van der Waals surface area contributed by atoms with Gasteiger partial charge < -0.3 is 25.2 Å². The number of aromatic hydroxyl groups is 1. The second-order valence-corrected chi connectivity index (χ2v) is 5.07. The molecule has 1 aromatic rings. The van der Waals surface area contributed by atoms with Gasteiger partial charge in [-0.3, -0.25) is 4.99 Å². The third kappa shape index (κ3) is 11.5. The highest BCUT2D eigenvalue weighted by atomic mass is 127. The number of methoxy groups -OCH3 is 1. The molecule has 0 aromatic heterocycles. The fourth-order valence-electron chi connectivity index (χ4n) is 1.98. The molecule has 1 rings (SSSR count). The lowest BCUT2D eigenvalue weighted by Gasteiger charge is -2.11. The highest BCUT2D eigenvalue weighted by molar-refractivity contribution is 14.0. The number of phenols is 1. The van der Waals surface area contributed by atoms with E-state index in [-0.39, 0.29) is 24.0 Å². The smallest absolute Gasteiger partial charge is 0.191 e. The van der Waals surface area contributed by atoms with Crippen LogP contribution >= 0.6 is 24.0 Å². The van der Waals surface area contributed by atoms with E-state index in [1.54, 1.807) is 19.2 Å². The minimum atomic E-state index is 0. The Kier molecular flexibility index (Phi) is 14.8. The van der Waals surface area contributed by atoms with E-state index < -0.39 is 0 Å². The molecule has 0 aliphatic carbocycles. The molecular formula is C17H30IN3O3. The molecule has 0 aliphatic rings. The lowest BCUT2D eigenvalue weighted by Crippen LogP contribution is -2.38. The first-order valence-corrected chi connectivity index (χ1v) is 8.13. The summed E-state index contributed by atoms with van der Waals surface area (Å²) in [5.41, 5.74) is 1.10. The fourth-order valence-corrected chi connectivity index (χ4v) is 1.98. The van der Waals surface area contributed by atoms with E-state index in [2.05, 4.69) is 15.6 Å². The number of phenolic OH excluding ortho intramolecular Hbond substituents is 1. The minimum Gasteiger partial charge on any atom is -0.508 e. The van der Waals surface area contributed by atoms with E-state index in [0.717, 1.165) is 37.5 Å². The van der Waals surface area contributed by atoms with Crippen molar-refractivity contribution in [3.8, 4) is 5.75 Å². The molecule has 0 amide bonds. The SMILES string of the molecule is CCNC(=NCCCOCCOC)NCCc1cccc(O)c1.I. The second-order valence-electron chi connectivity index (χ2n) is 5.07. The number of hydrogen-bond donors (Lipinski definition) is 3. The van der Waals surface area contributed by atoms with Crippen molar-refractivity contribution in [3.63, 3.8) is 0 Å². The number of aliphatic imine (C=N–C) groups is 1. The van der Waals surface area contributed by atoms with Gasteiger partial charge >= 0.3 is 0 Å². The molecule has 0 unspecified atom stereocenters. The monoisotopic (exact) mass is 451 g/mol. The van der Waals surface area contributed by atoms with Gasteiger partial charge in [-0.05, 0) is 37.5 Å². The van der Waals surface area contributed by atoms with Crippen molar-refractivity contribution in [2.45, 2.75) is 19.8 Å². The van der Waals surface area contributed by atoms with Crippen molar-refractivity contribution in [2.75, 3.05) is 46.6 Å². The molecule has 7 heteroatoms. The largest absolute Gasteiger partial charge is 0.508 e. The van der Waals surface area contributed by atoms with E-state index in [9.17, 15) is 5.11 Å². The van der Waals surface area contributed by atoms with Crippen LogP contribution in [0.25, 0.3) is 0 Å². The van der Waals surface area contributed by atoms with Crippen LogP contribution in [0.3, 0.4) is 0 Å². The number of rotatable bonds is 11. The Morgan fingerprint density at radius 1 is 1.21 bits per heavy atom. The molecule has 0 heterocycles. The quantitative estimate of drug-likeness (QED) is 0.208. The highest BCUT2D eigenvalue weighted by Crippen LogP contribution is 2.10. The summed E-state index contributed by atoms with van der Waals surface area (Å²) in [6, 6.07) is 7.32. The predicted molar refractivity (Wildman–Crippen MR) is 109 cm³/mol. The minimum absolute atomic E-state index is 0. The van der Waals surface area contributed by atoms with Gasteiger partial charge in [0.1, 0.15) is 5.75 Å². The molecule has 24 heavy (non-hydrogen) atoms. The van der Waals surface area contributed by atoms with Crippen LogP contribution in [0.4, 0.5) is 0 Å². The zero-order valence-electron chi connectivity index (χ0n) is 14.6. The molecule has 0 radical (unpaired) electrons. The molecule has 0 saturated heterocycles. The maximum absolute atomic E-state index is 9.45. The first kappa shape index (κ1) is 22.9. The van der Waals surface area contributed by atoms with Crippen molar-refractivity contribution in [3.05, 3.63) is 29.8 Å². The summed E-state index contributed by atoms with van der Waals surface area (Å²) in [6.45, 7) is 6.29. The number of guanidine groups is 1. The van der Waals surface area contributed by atoms with Gasteiger partial charge in [0.05, 0.1) is 13.2 Å². The number of ether oxygens (including phenoxy) is 2. The van der Waals surface area contributed by atoms with Crippen LogP contribution < -0.4 is 10.6 Å². The Labute approximate surface area is 162 Å². The van der Waals surface area contributed by atoms with Gasteiger partial charge in [-0.25, -0.2) is 0 Å². The van der Waals surface area contributed by atoms with E-state index in [1.807, 2.05) is 19.1 Å². The molecule has 0 saturated carbocycles. The van der Waals surface area contributed by atoms with Crippen LogP contribution in [0.5, 0.6) is 5.75 Å². The number of benzene rings is 1. The summed E-state index contributed by atoms with van der Waals surface area (Å²) in [6.07, 6.45) is 1.71. The topological polar surface area (TPSA) is 75.1 Å². The van der Waals surface area contributed by atoms with Crippen molar-refractivity contribution < 1.29 is 14.6 Å². The van der Waals surface area contributed by atoms with Gasteiger partial charge in [-0.15, -0.1) is 24.0 Å². The van der Waals surface area contributed by atoms with Crippen LogP contribution in [0.2, 0.25) is 0 Å².